The fraction of sp³-hybridized carbons (Fsp3) is 0.714. The summed E-state index contributed by atoms with van der Waals surface area (Å²) in [6.45, 7) is 6.81. The van der Waals surface area contributed by atoms with Gasteiger partial charge >= 0.3 is 0 Å². The Morgan fingerprint density at radius 1 is 1.53 bits per heavy atom. The Labute approximate surface area is 104 Å². The van der Waals surface area contributed by atoms with E-state index < -0.39 is 0 Å². The molecule has 0 aromatic carbocycles. The van der Waals surface area contributed by atoms with Crippen molar-refractivity contribution >= 4 is 0 Å². The minimum absolute atomic E-state index is 0.493. The van der Waals surface area contributed by atoms with Gasteiger partial charge in [-0.3, -0.25) is 0 Å². The molecule has 0 radical (unpaired) electrons. The predicted molar refractivity (Wildman–Crippen MR) is 69.9 cm³/mol. The minimum atomic E-state index is 0.493. The van der Waals surface area contributed by atoms with Gasteiger partial charge in [0.05, 0.1) is 12.5 Å². The third-order valence-electron chi connectivity index (χ3n) is 3.75. The van der Waals surface area contributed by atoms with Crippen molar-refractivity contribution in [3.8, 4) is 0 Å². The van der Waals surface area contributed by atoms with Crippen molar-refractivity contribution in [1.29, 1.82) is 0 Å². The highest BCUT2D eigenvalue weighted by Crippen LogP contribution is 2.32. The van der Waals surface area contributed by atoms with E-state index in [0.717, 1.165) is 6.54 Å². The maximum atomic E-state index is 5.12. The smallest absolute Gasteiger partial charge is 0.0947 e. The van der Waals surface area contributed by atoms with Crippen molar-refractivity contribution in [3.05, 3.63) is 24.2 Å². The second kappa shape index (κ2) is 5.69. The quantitative estimate of drug-likeness (QED) is 0.822. The molecule has 1 N–H and O–H groups in total. The van der Waals surface area contributed by atoms with Crippen LogP contribution in [0.3, 0.4) is 0 Å². The van der Waals surface area contributed by atoms with Crippen LogP contribution < -0.4 is 5.32 Å². The highest BCUT2D eigenvalue weighted by Gasteiger charge is 2.33. The Bertz CT molecular complexity index is 315. The Kier molecular flexibility index (Phi) is 4.24. The first kappa shape index (κ1) is 12.7. The molecule has 3 nitrogen and oxygen atoms in total. The molecule has 1 aliphatic heterocycles. The van der Waals surface area contributed by atoms with Crippen LogP contribution in [0.1, 0.15) is 31.7 Å². The summed E-state index contributed by atoms with van der Waals surface area (Å²) in [5, 5.41) is 3.52. The number of hydrogen-bond donors (Lipinski definition) is 1. The van der Waals surface area contributed by atoms with Gasteiger partial charge in [-0.1, -0.05) is 13.3 Å². The summed E-state index contributed by atoms with van der Waals surface area (Å²) in [7, 11) is 2.21. The molecule has 0 spiro atoms. The molecule has 1 fully saturated rings. The predicted octanol–water partition coefficient (Wildman–Crippen LogP) is 2.49. The van der Waals surface area contributed by atoms with Gasteiger partial charge in [-0.15, -0.1) is 0 Å². The van der Waals surface area contributed by atoms with Crippen LogP contribution in [0, 0.1) is 5.41 Å². The van der Waals surface area contributed by atoms with E-state index >= 15 is 0 Å². The maximum Gasteiger partial charge on any atom is 0.0947 e. The molecule has 0 bridgehead atoms. The van der Waals surface area contributed by atoms with Crippen molar-refractivity contribution in [1.82, 2.24) is 10.2 Å². The van der Waals surface area contributed by atoms with Gasteiger partial charge < -0.3 is 14.6 Å². The number of nitrogens with one attached hydrogen (secondary N) is 1. The molecule has 0 aliphatic carbocycles. The van der Waals surface area contributed by atoms with Crippen LogP contribution in [-0.4, -0.2) is 31.6 Å². The molecule has 17 heavy (non-hydrogen) atoms. The van der Waals surface area contributed by atoms with E-state index in [4.69, 9.17) is 4.42 Å². The topological polar surface area (TPSA) is 28.4 Å². The maximum absolute atomic E-state index is 5.12. The van der Waals surface area contributed by atoms with Crippen LogP contribution in [0.5, 0.6) is 0 Å². The molecule has 0 amide bonds. The van der Waals surface area contributed by atoms with Gasteiger partial charge in [0.15, 0.2) is 0 Å². The molecule has 2 heterocycles. The monoisotopic (exact) mass is 236 g/mol. The van der Waals surface area contributed by atoms with Gasteiger partial charge in [-0.25, -0.2) is 0 Å². The lowest BCUT2D eigenvalue weighted by atomic mass is 9.82. The second-order valence-corrected chi connectivity index (χ2v) is 5.48. The molecule has 2 rings (SSSR count). The molecule has 1 aromatic rings. The molecule has 1 atom stereocenters. The van der Waals surface area contributed by atoms with Crippen molar-refractivity contribution < 1.29 is 4.42 Å². The first-order chi connectivity index (χ1) is 8.24. The third kappa shape index (κ3) is 3.33. The molecule has 1 aliphatic rings. The fourth-order valence-electron chi connectivity index (χ4n) is 3.08. The third-order valence-corrected chi connectivity index (χ3v) is 3.75. The van der Waals surface area contributed by atoms with Gasteiger partial charge in [-0.05, 0) is 37.9 Å². The molecule has 96 valence electrons. The van der Waals surface area contributed by atoms with E-state index in [1.54, 1.807) is 6.26 Å². The van der Waals surface area contributed by atoms with E-state index in [9.17, 15) is 0 Å². The van der Waals surface area contributed by atoms with Crippen LogP contribution in [0.2, 0.25) is 0 Å². The van der Waals surface area contributed by atoms with Crippen molar-refractivity contribution in [2.75, 3.05) is 26.7 Å². The number of nitrogens with zero attached hydrogens (tertiary/aromatic N) is 1. The van der Waals surface area contributed by atoms with Gasteiger partial charge in [0.2, 0.25) is 0 Å². The lowest BCUT2D eigenvalue weighted by Crippen LogP contribution is -2.37. The molecular weight excluding hydrogens is 212 g/mol. The van der Waals surface area contributed by atoms with E-state index in [2.05, 4.69) is 30.3 Å². The number of rotatable bonds is 6. The lowest BCUT2D eigenvalue weighted by Gasteiger charge is -2.32. The minimum Gasteiger partial charge on any atom is -0.472 e. The van der Waals surface area contributed by atoms with Crippen molar-refractivity contribution in [2.24, 2.45) is 5.41 Å². The van der Waals surface area contributed by atoms with Crippen LogP contribution in [0.25, 0.3) is 0 Å². The van der Waals surface area contributed by atoms with E-state index in [-0.39, 0.29) is 0 Å². The summed E-state index contributed by atoms with van der Waals surface area (Å²) >= 11 is 0. The zero-order valence-electron chi connectivity index (χ0n) is 11.0. The number of hydrogen-bond acceptors (Lipinski definition) is 3. The van der Waals surface area contributed by atoms with E-state index in [0.29, 0.717) is 5.41 Å². The van der Waals surface area contributed by atoms with E-state index in [1.165, 1.54) is 44.5 Å². The Hall–Kier alpha value is -0.800. The van der Waals surface area contributed by atoms with Crippen LogP contribution in [-0.2, 0) is 6.54 Å². The zero-order chi connectivity index (χ0) is 12.1. The molecule has 1 unspecified atom stereocenters. The van der Waals surface area contributed by atoms with Crippen molar-refractivity contribution in [2.45, 2.75) is 32.7 Å². The highest BCUT2D eigenvalue weighted by atomic mass is 16.3. The largest absolute Gasteiger partial charge is 0.472 e. The summed E-state index contributed by atoms with van der Waals surface area (Å²) in [6.07, 6.45) is 7.52. The van der Waals surface area contributed by atoms with Crippen molar-refractivity contribution in [3.63, 3.8) is 0 Å². The summed E-state index contributed by atoms with van der Waals surface area (Å²) in [5.41, 5.74) is 1.76. The average Bonchev–Trinajstić information content (AvgIpc) is 2.90. The first-order valence-electron chi connectivity index (χ1n) is 6.64. The standard InChI is InChI=1S/C14H24N2O/c1-3-5-14(6-7-15-11-14)12-16(2)9-13-4-8-17-10-13/h4,8,10,15H,3,5-7,9,11-12H2,1-2H3. The summed E-state index contributed by atoms with van der Waals surface area (Å²) in [6, 6.07) is 2.05. The number of furan rings is 1. The molecule has 1 saturated heterocycles. The van der Waals surface area contributed by atoms with Crippen LogP contribution >= 0.6 is 0 Å². The van der Waals surface area contributed by atoms with Crippen LogP contribution in [0.4, 0.5) is 0 Å². The average molecular weight is 236 g/mol. The van der Waals surface area contributed by atoms with E-state index in [1.807, 2.05) is 6.26 Å². The first-order valence-corrected chi connectivity index (χ1v) is 6.64. The summed E-state index contributed by atoms with van der Waals surface area (Å²) in [5.74, 6) is 0. The molecule has 1 aromatic heterocycles. The normalized spacial score (nSPS) is 24.6. The fourth-order valence-corrected chi connectivity index (χ4v) is 3.08. The Morgan fingerprint density at radius 3 is 3.00 bits per heavy atom. The Balaban J connectivity index is 1.89. The summed E-state index contributed by atoms with van der Waals surface area (Å²) < 4.78 is 5.12. The molecule has 3 heteroatoms. The SMILES string of the molecule is CCCC1(CN(C)Cc2ccoc2)CCNC1. The lowest BCUT2D eigenvalue weighted by molar-refractivity contribution is 0.172. The summed E-state index contributed by atoms with van der Waals surface area (Å²) in [4.78, 5) is 2.42. The van der Waals surface area contributed by atoms with Gasteiger partial charge in [0, 0.05) is 25.2 Å². The molecule has 0 saturated carbocycles. The molecular formula is C14H24N2O. The second-order valence-electron chi connectivity index (χ2n) is 5.48. The van der Waals surface area contributed by atoms with Gasteiger partial charge in [0.25, 0.3) is 0 Å². The van der Waals surface area contributed by atoms with Gasteiger partial charge in [-0.2, -0.15) is 0 Å². The van der Waals surface area contributed by atoms with Crippen LogP contribution in [0.15, 0.2) is 23.0 Å². The van der Waals surface area contributed by atoms with Gasteiger partial charge in [0.1, 0.15) is 0 Å². The highest BCUT2D eigenvalue weighted by molar-refractivity contribution is 5.05. The Morgan fingerprint density at radius 2 is 2.41 bits per heavy atom. The zero-order valence-corrected chi connectivity index (χ0v) is 11.0.